The number of methoxy groups -OCH3 is 1. The molecule has 0 aromatic heterocycles. The molecule has 2 aliphatic carbocycles. The van der Waals surface area contributed by atoms with E-state index in [0.717, 1.165) is 18.6 Å². The van der Waals surface area contributed by atoms with Crippen LogP contribution in [0.4, 0.5) is 0 Å². The predicted molar refractivity (Wildman–Crippen MR) is 62.6 cm³/mol. The molecule has 3 heteroatoms. The minimum Gasteiger partial charge on any atom is -0.499 e. The zero-order valence-electron chi connectivity index (χ0n) is 9.69. The topological polar surface area (TPSA) is 26.3 Å². The number of carbonyl (C=O) groups excluding carboxylic acids is 1. The van der Waals surface area contributed by atoms with Crippen molar-refractivity contribution in [2.45, 2.75) is 33.6 Å². The number of fused-ring (bicyclic) bond motifs is 2. The third kappa shape index (κ3) is 1.13. The number of rotatable bonds is 1. The number of ether oxygens (including phenoxy) is 1. The molecule has 0 aromatic carbocycles. The summed E-state index contributed by atoms with van der Waals surface area (Å²) in [5, 5.41) is 0. The van der Waals surface area contributed by atoms with E-state index in [-0.39, 0.29) is 16.6 Å². The van der Waals surface area contributed by atoms with E-state index in [1.807, 2.05) is 0 Å². The van der Waals surface area contributed by atoms with E-state index in [9.17, 15) is 4.79 Å². The highest BCUT2D eigenvalue weighted by molar-refractivity contribution is 9.12. The summed E-state index contributed by atoms with van der Waals surface area (Å²) >= 11 is 3.39. The van der Waals surface area contributed by atoms with Crippen molar-refractivity contribution in [2.75, 3.05) is 7.11 Å². The lowest BCUT2D eigenvalue weighted by Crippen LogP contribution is -2.45. The van der Waals surface area contributed by atoms with Crippen molar-refractivity contribution in [1.29, 1.82) is 0 Å². The number of halogens is 1. The Morgan fingerprint density at radius 2 is 2.00 bits per heavy atom. The Balaban J connectivity index is 2.62. The number of Topliss-reactive ketones (excluding diaryl/α,β-unsaturated/α-hetero) is 1. The number of hydrogen-bond acceptors (Lipinski definition) is 2. The fraction of sp³-hybridized carbons (Fsp3) is 0.750. The van der Waals surface area contributed by atoms with Gasteiger partial charge < -0.3 is 4.74 Å². The summed E-state index contributed by atoms with van der Waals surface area (Å²) < 4.78 is 6.06. The van der Waals surface area contributed by atoms with Crippen LogP contribution in [0.25, 0.3) is 0 Å². The Hall–Kier alpha value is -0.310. The first-order valence-corrected chi connectivity index (χ1v) is 6.14. The molecule has 0 aromatic rings. The molecule has 0 radical (unpaired) electrons. The summed E-state index contributed by atoms with van der Waals surface area (Å²) in [7, 11) is 1.65. The highest BCUT2D eigenvalue weighted by atomic mass is 79.9. The first-order chi connectivity index (χ1) is 6.86. The van der Waals surface area contributed by atoms with E-state index in [1.165, 1.54) is 0 Å². The van der Waals surface area contributed by atoms with Crippen molar-refractivity contribution in [1.82, 2.24) is 0 Å². The molecule has 0 saturated heterocycles. The molecule has 2 atom stereocenters. The fourth-order valence-corrected chi connectivity index (χ4v) is 3.98. The minimum absolute atomic E-state index is 0.00664. The fourth-order valence-electron chi connectivity index (χ4n) is 3.10. The van der Waals surface area contributed by atoms with E-state index in [1.54, 1.807) is 7.11 Å². The molecular weight excluding hydrogens is 256 g/mol. The lowest BCUT2D eigenvalue weighted by molar-refractivity contribution is -0.130. The Morgan fingerprint density at radius 3 is 2.53 bits per heavy atom. The maximum Gasteiger partial charge on any atom is 0.179 e. The molecule has 0 amide bonds. The van der Waals surface area contributed by atoms with Crippen molar-refractivity contribution >= 4 is 21.7 Å². The van der Waals surface area contributed by atoms with Crippen molar-refractivity contribution in [2.24, 2.45) is 16.7 Å². The summed E-state index contributed by atoms with van der Waals surface area (Å²) in [6.45, 7) is 6.45. The molecule has 1 saturated carbocycles. The molecule has 0 unspecified atom stereocenters. The number of ketones is 1. The molecule has 2 bridgehead atoms. The molecule has 15 heavy (non-hydrogen) atoms. The van der Waals surface area contributed by atoms with Crippen LogP contribution in [-0.4, -0.2) is 12.9 Å². The van der Waals surface area contributed by atoms with Gasteiger partial charge in [-0.25, -0.2) is 0 Å². The normalized spacial score (nSPS) is 38.5. The highest BCUT2D eigenvalue weighted by Crippen LogP contribution is 2.63. The maximum absolute atomic E-state index is 12.3. The van der Waals surface area contributed by atoms with Gasteiger partial charge >= 0.3 is 0 Å². The quantitative estimate of drug-likeness (QED) is 0.733. The third-order valence-corrected chi connectivity index (χ3v) is 5.43. The molecule has 2 rings (SSSR count). The number of carbonyl (C=O) groups is 1. The Labute approximate surface area is 99.2 Å². The molecule has 0 N–H and O–H groups in total. The number of allylic oxidation sites excluding steroid dienone is 2. The molecule has 0 aliphatic heterocycles. The van der Waals surface area contributed by atoms with E-state index in [2.05, 4.69) is 36.7 Å². The van der Waals surface area contributed by atoms with Gasteiger partial charge in [0.15, 0.2) is 5.78 Å². The largest absolute Gasteiger partial charge is 0.499 e. The molecule has 2 aliphatic rings. The van der Waals surface area contributed by atoms with Crippen LogP contribution in [0.15, 0.2) is 10.2 Å². The Kier molecular flexibility index (Phi) is 2.31. The van der Waals surface area contributed by atoms with Crippen LogP contribution in [0.5, 0.6) is 0 Å². The highest BCUT2D eigenvalue weighted by Gasteiger charge is 2.61. The molecular formula is C12H17BrO2. The molecule has 1 fully saturated rings. The van der Waals surface area contributed by atoms with Crippen LogP contribution >= 0.6 is 15.9 Å². The van der Waals surface area contributed by atoms with Gasteiger partial charge in [0.2, 0.25) is 0 Å². The SMILES string of the molecule is COC1=C(Br)C(=O)[C@]2(C)CC[C@H]1C2(C)C. The van der Waals surface area contributed by atoms with Gasteiger partial charge in [0.05, 0.1) is 11.6 Å². The van der Waals surface area contributed by atoms with Crippen molar-refractivity contribution in [3.8, 4) is 0 Å². The second kappa shape index (κ2) is 3.09. The average Bonchev–Trinajstić information content (AvgIpc) is 2.35. The molecule has 2 nitrogen and oxygen atoms in total. The van der Waals surface area contributed by atoms with Gasteiger partial charge in [-0.3, -0.25) is 4.79 Å². The van der Waals surface area contributed by atoms with Crippen molar-refractivity contribution in [3.05, 3.63) is 10.2 Å². The van der Waals surface area contributed by atoms with Crippen LogP contribution in [0.3, 0.4) is 0 Å². The second-order valence-corrected chi connectivity index (χ2v) is 6.15. The molecule has 0 spiro atoms. The summed E-state index contributed by atoms with van der Waals surface area (Å²) in [6, 6.07) is 0. The Bertz CT molecular complexity index is 357. The van der Waals surface area contributed by atoms with Gasteiger partial charge in [-0.1, -0.05) is 20.8 Å². The van der Waals surface area contributed by atoms with Crippen molar-refractivity contribution < 1.29 is 9.53 Å². The van der Waals surface area contributed by atoms with E-state index < -0.39 is 0 Å². The summed E-state index contributed by atoms with van der Waals surface area (Å²) in [4.78, 5) is 12.3. The van der Waals surface area contributed by atoms with Crippen LogP contribution in [0, 0.1) is 16.7 Å². The predicted octanol–water partition coefficient (Wildman–Crippen LogP) is 3.26. The first kappa shape index (κ1) is 11.2. The molecule has 84 valence electrons. The minimum atomic E-state index is -0.224. The number of hydrogen-bond donors (Lipinski definition) is 0. The van der Waals surface area contributed by atoms with E-state index >= 15 is 0 Å². The lowest BCUT2D eigenvalue weighted by Gasteiger charge is -2.44. The standard InChI is InChI=1S/C12H17BrO2/c1-11(2)7-5-6-12(11,3)10(14)8(13)9(7)15-4/h7H,5-6H2,1-4H3/t7-,12+/m1/s1. The zero-order valence-corrected chi connectivity index (χ0v) is 11.3. The lowest BCUT2D eigenvalue weighted by atomic mass is 9.60. The van der Waals surface area contributed by atoms with Crippen LogP contribution < -0.4 is 0 Å². The third-order valence-electron chi connectivity index (χ3n) is 4.68. The zero-order chi connectivity index (χ0) is 11.4. The first-order valence-electron chi connectivity index (χ1n) is 5.34. The van der Waals surface area contributed by atoms with Crippen LogP contribution in [-0.2, 0) is 9.53 Å². The van der Waals surface area contributed by atoms with Crippen LogP contribution in [0.2, 0.25) is 0 Å². The van der Waals surface area contributed by atoms with Crippen LogP contribution in [0.1, 0.15) is 33.6 Å². The van der Waals surface area contributed by atoms with Gasteiger partial charge in [0.25, 0.3) is 0 Å². The summed E-state index contributed by atoms with van der Waals surface area (Å²) in [6.07, 6.45) is 2.01. The van der Waals surface area contributed by atoms with Gasteiger partial charge in [-0.15, -0.1) is 0 Å². The van der Waals surface area contributed by atoms with E-state index in [0.29, 0.717) is 10.4 Å². The van der Waals surface area contributed by atoms with Gasteiger partial charge in [0, 0.05) is 11.3 Å². The average molecular weight is 273 g/mol. The summed E-state index contributed by atoms with van der Waals surface area (Å²) in [5.74, 6) is 1.43. The smallest absolute Gasteiger partial charge is 0.179 e. The Morgan fingerprint density at radius 1 is 1.40 bits per heavy atom. The van der Waals surface area contributed by atoms with Gasteiger partial charge in [-0.2, -0.15) is 0 Å². The maximum atomic E-state index is 12.3. The molecule has 0 heterocycles. The second-order valence-electron chi connectivity index (χ2n) is 5.36. The van der Waals surface area contributed by atoms with Gasteiger partial charge in [-0.05, 0) is 34.2 Å². The summed E-state index contributed by atoms with van der Waals surface area (Å²) in [5.41, 5.74) is -0.217. The van der Waals surface area contributed by atoms with E-state index in [4.69, 9.17) is 4.74 Å². The monoisotopic (exact) mass is 272 g/mol. The van der Waals surface area contributed by atoms with Crippen molar-refractivity contribution in [3.63, 3.8) is 0 Å². The van der Waals surface area contributed by atoms with Gasteiger partial charge in [0.1, 0.15) is 5.76 Å².